The normalized spacial score (nSPS) is 35.2. The Kier molecular flexibility index (Phi) is 4.53. The fourth-order valence-electron chi connectivity index (χ4n) is 4.07. The second-order valence-corrected chi connectivity index (χ2v) is 6.58. The Hall–Kier alpha value is -0.590. The van der Waals surface area contributed by atoms with E-state index in [9.17, 15) is 10.4 Å². The highest BCUT2D eigenvalue weighted by Crippen LogP contribution is 2.53. The Bertz CT molecular complexity index is 341. The maximum absolute atomic E-state index is 11.1. The molecule has 1 N–H and O–H groups in total. The summed E-state index contributed by atoms with van der Waals surface area (Å²) in [7, 11) is 0. The number of likely N-dealkylation sites (tertiary alicyclic amines) is 1. The molecule has 108 valence electrons. The Morgan fingerprint density at radius 1 is 1.26 bits per heavy atom. The van der Waals surface area contributed by atoms with E-state index in [2.05, 4.69) is 24.8 Å². The highest BCUT2D eigenvalue weighted by molar-refractivity contribution is 5.15. The average molecular weight is 264 g/mol. The molecule has 1 heterocycles. The van der Waals surface area contributed by atoms with E-state index in [-0.39, 0.29) is 0 Å². The van der Waals surface area contributed by atoms with Crippen molar-refractivity contribution in [2.75, 3.05) is 19.6 Å². The first-order valence-corrected chi connectivity index (χ1v) is 7.95. The third-order valence-electron chi connectivity index (χ3n) is 5.52. The lowest BCUT2D eigenvalue weighted by molar-refractivity contribution is -0.0961. The van der Waals surface area contributed by atoms with Crippen LogP contribution in [0.15, 0.2) is 0 Å². The van der Waals surface area contributed by atoms with Crippen LogP contribution in [0.5, 0.6) is 0 Å². The van der Waals surface area contributed by atoms with Crippen molar-refractivity contribution in [3.63, 3.8) is 0 Å². The largest absolute Gasteiger partial charge is 0.388 e. The second-order valence-electron chi connectivity index (χ2n) is 6.58. The van der Waals surface area contributed by atoms with Gasteiger partial charge in [-0.25, -0.2) is 0 Å². The summed E-state index contributed by atoms with van der Waals surface area (Å²) >= 11 is 0. The van der Waals surface area contributed by atoms with Crippen molar-refractivity contribution < 1.29 is 5.11 Å². The van der Waals surface area contributed by atoms with Gasteiger partial charge in [-0.2, -0.15) is 5.26 Å². The van der Waals surface area contributed by atoms with Gasteiger partial charge in [0.25, 0.3) is 0 Å². The van der Waals surface area contributed by atoms with Crippen LogP contribution in [0.3, 0.4) is 0 Å². The molecule has 0 aromatic carbocycles. The van der Waals surface area contributed by atoms with E-state index in [4.69, 9.17) is 0 Å². The monoisotopic (exact) mass is 264 g/mol. The van der Waals surface area contributed by atoms with Gasteiger partial charge >= 0.3 is 0 Å². The first kappa shape index (κ1) is 14.8. The van der Waals surface area contributed by atoms with Crippen LogP contribution in [-0.2, 0) is 0 Å². The molecule has 19 heavy (non-hydrogen) atoms. The number of hydrogen-bond acceptors (Lipinski definition) is 3. The van der Waals surface area contributed by atoms with Gasteiger partial charge in [-0.15, -0.1) is 0 Å². The van der Waals surface area contributed by atoms with Gasteiger partial charge in [0, 0.05) is 13.1 Å². The molecule has 0 bridgehead atoms. The number of hydrogen-bond donors (Lipinski definition) is 1. The minimum atomic E-state index is -0.740. The van der Waals surface area contributed by atoms with Crippen molar-refractivity contribution in [1.29, 1.82) is 5.26 Å². The van der Waals surface area contributed by atoms with E-state index in [0.717, 1.165) is 58.2 Å². The molecule has 0 aromatic heterocycles. The molecule has 3 nitrogen and oxygen atoms in total. The highest BCUT2D eigenvalue weighted by Gasteiger charge is 2.55. The molecule has 1 aliphatic heterocycles. The molecule has 1 saturated carbocycles. The van der Waals surface area contributed by atoms with Crippen LogP contribution in [0.4, 0.5) is 0 Å². The molecular formula is C16H28N2O. The van der Waals surface area contributed by atoms with E-state index < -0.39 is 11.0 Å². The number of rotatable bonds is 4. The fraction of sp³-hybridized carbons (Fsp3) is 0.938. The molecule has 2 unspecified atom stereocenters. The topological polar surface area (TPSA) is 47.3 Å². The minimum absolute atomic E-state index is 0.466. The predicted molar refractivity (Wildman–Crippen MR) is 76.6 cm³/mol. The first-order valence-electron chi connectivity index (χ1n) is 7.95. The van der Waals surface area contributed by atoms with Crippen molar-refractivity contribution in [2.24, 2.45) is 11.3 Å². The van der Waals surface area contributed by atoms with Gasteiger partial charge in [0.2, 0.25) is 0 Å². The second kappa shape index (κ2) is 5.81. The van der Waals surface area contributed by atoms with Crippen LogP contribution in [0.25, 0.3) is 0 Å². The number of nitrogens with zero attached hydrogens (tertiary/aromatic N) is 2. The SMILES string of the molecule is CCCN1CCC(O)(C2(C#N)CCC(CC)C2)CC1. The molecule has 2 fully saturated rings. The zero-order valence-corrected chi connectivity index (χ0v) is 12.5. The smallest absolute Gasteiger partial charge is 0.0864 e. The lowest BCUT2D eigenvalue weighted by Crippen LogP contribution is -2.53. The van der Waals surface area contributed by atoms with Crippen molar-refractivity contribution in [1.82, 2.24) is 4.90 Å². The summed E-state index contributed by atoms with van der Waals surface area (Å²) in [4.78, 5) is 2.42. The fourth-order valence-corrected chi connectivity index (χ4v) is 4.07. The Labute approximate surface area is 117 Å². The Morgan fingerprint density at radius 2 is 1.95 bits per heavy atom. The van der Waals surface area contributed by atoms with Crippen molar-refractivity contribution in [3.05, 3.63) is 0 Å². The first-order chi connectivity index (χ1) is 9.09. The average Bonchev–Trinajstić information content (AvgIpc) is 2.87. The van der Waals surface area contributed by atoms with E-state index in [1.807, 2.05) is 0 Å². The van der Waals surface area contributed by atoms with Crippen LogP contribution in [0.1, 0.15) is 58.8 Å². The van der Waals surface area contributed by atoms with Crippen molar-refractivity contribution >= 4 is 0 Å². The van der Waals surface area contributed by atoms with Gasteiger partial charge in [-0.1, -0.05) is 20.3 Å². The van der Waals surface area contributed by atoms with Crippen LogP contribution in [-0.4, -0.2) is 35.2 Å². The maximum Gasteiger partial charge on any atom is 0.0864 e. The standard InChI is InChI=1S/C16H28N2O/c1-3-9-18-10-7-16(19,8-11-18)15(13-17)6-5-14(4-2)12-15/h14,19H,3-12H2,1-2H3. The van der Waals surface area contributed by atoms with Crippen LogP contribution in [0, 0.1) is 22.7 Å². The van der Waals surface area contributed by atoms with Crippen LogP contribution >= 0.6 is 0 Å². The van der Waals surface area contributed by atoms with Gasteiger partial charge in [-0.05, 0) is 51.0 Å². The van der Waals surface area contributed by atoms with E-state index in [1.165, 1.54) is 6.42 Å². The van der Waals surface area contributed by atoms with E-state index in [0.29, 0.717) is 5.92 Å². The van der Waals surface area contributed by atoms with Gasteiger partial charge in [0.15, 0.2) is 0 Å². The molecular weight excluding hydrogens is 236 g/mol. The predicted octanol–water partition coefficient (Wildman–Crippen LogP) is 2.94. The molecule has 2 rings (SSSR count). The minimum Gasteiger partial charge on any atom is -0.388 e. The molecule has 2 aliphatic rings. The summed E-state index contributed by atoms with van der Waals surface area (Å²) in [6.45, 7) is 7.41. The number of piperidine rings is 1. The summed E-state index contributed by atoms with van der Waals surface area (Å²) in [5, 5.41) is 20.8. The molecule has 1 aliphatic carbocycles. The van der Waals surface area contributed by atoms with Gasteiger partial charge < -0.3 is 10.0 Å². The zero-order chi connectivity index (χ0) is 13.9. The van der Waals surface area contributed by atoms with E-state index >= 15 is 0 Å². The molecule has 3 heteroatoms. The number of aliphatic hydroxyl groups is 1. The maximum atomic E-state index is 11.1. The molecule has 0 aromatic rings. The van der Waals surface area contributed by atoms with Gasteiger partial charge in [0.1, 0.15) is 0 Å². The summed E-state index contributed by atoms with van der Waals surface area (Å²) < 4.78 is 0. The van der Waals surface area contributed by atoms with Crippen LogP contribution < -0.4 is 0 Å². The third kappa shape index (κ3) is 2.66. The lowest BCUT2D eigenvalue weighted by atomic mass is 9.66. The Balaban J connectivity index is 2.06. The van der Waals surface area contributed by atoms with Crippen molar-refractivity contribution in [3.8, 4) is 6.07 Å². The third-order valence-corrected chi connectivity index (χ3v) is 5.52. The number of nitriles is 1. The molecule has 0 spiro atoms. The van der Waals surface area contributed by atoms with Crippen molar-refractivity contribution in [2.45, 2.75) is 64.4 Å². The molecule has 0 amide bonds. The van der Waals surface area contributed by atoms with Crippen LogP contribution in [0.2, 0.25) is 0 Å². The van der Waals surface area contributed by atoms with E-state index in [1.54, 1.807) is 0 Å². The molecule has 1 saturated heterocycles. The summed E-state index contributed by atoms with van der Waals surface area (Å²) in [6, 6.07) is 2.53. The lowest BCUT2D eigenvalue weighted by Gasteiger charge is -2.46. The molecule has 0 radical (unpaired) electrons. The quantitative estimate of drug-likeness (QED) is 0.849. The van der Waals surface area contributed by atoms with Gasteiger partial charge in [-0.3, -0.25) is 0 Å². The summed E-state index contributed by atoms with van der Waals surface area (Å²) in [5.74, 6) is 0.636. The highest BCUT2D eigenvalue weighted by atomic mass is 16.3. The summed E-state index contributed by atoms with van der Waals surface area (Å²) in [5.41, 5.74) is -1.21. The Morgan fingerprint density at radius 3 is 2.42 bits per heavy atom. The zero-order valence-electron chi connectivity index (χ0n) is 12.5. The van der Waals surface area contributed by atoms with Gasteiger partial charge in [0.05, 0.1) is 17.1 Å². The molecule has 2 atom stereocenters. The summed E-state index contributed by atoms with van der Waals surface area (Å²) in [6.07, 6.45) is 6.77.